The van der Waals surface area contributed by atoms with Crippen molar-refractivity contribution in [3.8, 4) is 0 Å². The Morgan fingerprint density at radius 2 is 1.86 bits per heavy atom. The Labute approximate surface area is 290 Å². The van der Waals surface area contributed by atoms with E-state index in [0.717, 1.165) is 28.7 Å². The molecule has 42 heavy (non-hydrogen) atoms. The molecule has 2 heterocycles. The van der Waals surface area contributed by atoms with Gasteiger partial charge in [0.1, 0.15) is 18.0 Å². The number of fused-ring (bicyclic) bond motifs is 1. The summed E-state index contributed by atoms with van der Waals surface area (Å²) in [6.07, 6.45) is 6.98. The molecule has 0 bridgehead atoms. The van der Waals surface area contributed by atoms with E-state index in [1.807, 2.05) is 42.5 Å². The summed E-state index contributed by atoms with van der Waals surface area (Å²) in [6.45, 7) is 7.02. The number of amides is 3. The molecule has 0 radical (unpaired) electrons. The zero-order chi connectivity index (χ0) is 29.6. The molecule has 1 aliphatic heterocycles. The zero-order valence-electron chi connectivity index (χ0n) is 24.9. The van der Waals surface area contributed by atoms with Gasteiger partial charge in [0.15, 0.2) is 0 Å². The molecule has 3 atom stereocenters. The van der Waals surface area contributed by atoms with E-state index in [2.05, 4.69) is 52.0 Å². The normalized spacial score (nSPS) is 15.7. The number of piperidine rings is 1. The third kappa shape index (κ3) is 11.6. The van der Waals surface area contributed by atoms with Crippen LogP contribution in [0.5, 0.6) is 0 Å². The van der Waals surface area contributed by atoms with Gasteiger partial charge in [-0.2, -0.15) is 0 Å². The predicted octanol–water partition coefficient (Wildman–Crippen LogP) is 0.568. The first-order valence-corrected chi connectivity index (χ1v) is 14.0. The molecule has 3 aromatic rings. The number of aldehydes is 1. The molecule has 218 valence electrons. The average molecular weight is 599 g/mol. The smallest absolute Gasteiger partial charge is 0.636 e. The summed E-state index contributed by atoms with van der Waals surface area (Å²) in [7, 11) is 0. The number of carbonyl (C=O) groups excluding carboxylic acids is 4. The van der Waals surface area contributed by atoms with Gasteiger partial charge in [-0.1, -0.05) is 82.4 Å². The summed E-state index contributed by atoms with van der Waals surface area (Å²) in [5.74, 6) is -0.485. The Bertz CT molecular complexity index is 1300. The first-order valence-electron chi connectivity index (χ1n) is 14.0. The van der Waals surface area contributed by atoms with Crippen LogP contribution in [0.15, 0.2) is 61.1 Å². The van der Waals surface area contributed by atoms with Gasteiger partial charge in [0.2, 0.25) is 11.8 Å². The summed E-state index contributed by atoms with van der Waals surface area (Å²) in [5.41, 5.74) is 0.985. The second-order valence-corrected chi connectivity index (χ2v) is 10.6. The van der Waals surface area contributed by atoms with Crippen molar-refractivity contribution < 1.29 is 70.6 Å². The van der Waals surface area contributed by atoms with Crippen molar-refractivity contribution in [3.63, 3.8) is 0 Å². The first-order chi connectivity index (χ1) is 19.8. The maximum atomic E-state index is 13.2. The molecular weight excluding hydrogens is 559 g/mol. The van der Waals surface area contributed by atoms with E-state index < -0.39 is 23.9 Å². The summed E-state index contributed by atoms with van der Waals surface area (Å²) in [5, 5.41) is 14.5. The van der Waals surface area contributed by atoms with Gasteiger partial charge in [-0.05, 0) is 35.1 Å². The summed E-state index contributed by atoms with van der Waals surface area (Å²) >= 11 is 0. The van der Waals surface area contributed by atoms with Crippen LogP contribution in [0.3, 0.4) is 0 Å². The average Bonchev–Trinajstić information content (AvgIpc) is 2.97. The molecule has 1 fully saturated rings. The quantitative estimate of drug-likeness (QED) is 0.218. The van der Waals surface area contributed by atoms with Gasteiger partial charge in [0, 0.05) is 31.3 Å². The number of hydrogen-bond donors (Lipinski definition) is 3. The molecule has 11 heteroatoms. The van der Waals surface area contributed by atoms with Crippen molar-refractivity contribution in [2.24, 2.45) is 11.8 Å². The van der Waals surface area contributed by atoms with Gasteiger partial charge in [-0.3, -0.25) is 19.4 Å². The Balaban J connectivity index is 0.00000116. The van der Waals surface area contributed by atoms with Crippen LogP contribution in [0.2, 0.25) is 0 Å². The Hall–Kier alpha value is -2.54. The maximum absolute atomic E-state index is 13.2. The molecule has 0 spiro atoms. The molecule has 3 unspecified atom stereocenters. The minimum absolute atomic E-state index is 0. The van der Waals surface area contributed by atoms with Crippen LogP contribution >= 0.6 is 0 Å². The van der Waals surface area contributed by atoms with Gasteiger partial charge < -0.3 is 26.1 Å². The Morgan fingerprint density at radius 1 is 1.12 bits per heavy atom. The van der Waals surface area contributed by atoms with Crippen molar-refractivity contribution in [1.82, 2.24) is 25.9 Å². The Kier molecular flexibility index (Phi) is 16.0. The van der Waals surface area contributed by atoms with Gasteiger partial charge in [-0.25, -0.2) is 4.98 Å². The summed E-state index contributed by atoms with van der Waals surface area (Å²) in [4.78, 5) is 57.5. The fourth-order valence-electron chi connectivity index (χ4n) is 4.44. The zero-order valence-corrected chi connectivity index (χ0v) is 28.0. The number of nitrogens with one attached hydrogen (secondary N) is 3. The standard InChI is InChI=1S/C27H29N6O4.C4H10.K/c34-16-21(13-20-8-4-10-30-25(20)35)31-17-32-26(36)23(33-27(37)24-15-28-11-12-29-24)14-19-7-3-6-18-5-1-2-9-22(18)19;1-4(2)3;/h1-3,5-7,9,11-12,15-16,20-21,23H,4,8,10,13-14,17H2,(H,30,35)(H,32,36)(H,33,37);4H,1-3H3;/q-1;;+1. The fourth-order valence-corrected chi connectivity index (χ4v) is 4.44. The molecule has 3 amide bonds. The van der Waals surface area contributed by atoms with Crippen LogP contribution in [0, 0.1) is 11.8 Å². The van der Waals surface area contributed by atoms with Gasteiger partial charge in [0.25, 0.3) is 5.91 Å². The molecule has 1 aromatic heterocycles. The van der Waals surface area contributed by atoms with Crippen molar-refractivity contribution in [1.29, 1.82) is 0 Å². The van der Waals surface area contributed by atoms with Crippen LogP contribution in [0.1, 0.15) is 56.1 Å². The first kappa shape index (κ1) is 35.7. The van der Waals surface area contributed by atoms with Crippen LogP contribution < -0.4 is 67.3 Å². The number of nitrogens with zero attached hydrogens (tertiary/aromatic N) is 3. The molecule has 2 aromatic carbocycles. The minimum Gasteiger partial charge on any atom is -0.636 e. The van der Waals surface area contributed by atoms with Gasteiger partial charge in [0.05, 0.1) is 6.20 Å². The van der Waals surface area contributed by atoms with E-state index in [4.69, 9.17) is 0 Å². The molecule has 3 N–H and O–H groups in total. The van der Waals surface area contributed by atoms with Crippen molar-refractivity contribution in [2.75, 3.05) is 13.2 Å². The van der Waals surface area contributed by atoms with E-state index in [-0.39, 0.29) is 82.0 Å². The minimum atomic E-state index is -0.922. The monoisotopic (exact) mass is 598 g/mol. The van der Waals surface area contributed by atoms with E-state index in [1.165, 1.54) is 18.6 Å². The third-order valence-electron chi connectivity index (χ3n) is 6.38. The second kappa shape index (κ2) is 18.9. The number of aromatic nitrogens is 2. The van der Waals surface area contributed by atoms with E-state index in [0.29, 0.717) is 25.7 Å². The van der Waals surface area contributed by atoms with Gasteiger partial charge in [-0.15, -0.1) is 0 Å². The number of benzene rings is 2. The van der Waals surface area contributed by atoms with E-state index >= 15 is 0 Å². The summed E-state index contributed by atoms with van der Waals surface area (Å²) in [6, 6.07) is 12.0. The molecule has 1 aliphatic rings. The SMILES string of the molecule is CC(C)C.O=CC(CC1CCCNC1=O)[N-]CNC(=O)C(Cc1cccc2ccccc12)NC(=O)c1cnccn1.[K+]. The van der Waals surface area contributed by atoms with Crippen molar-refractivity contribution in [2.45, 2.75) is 58.5 Å². The molecule has 10 nitrogen and oxygen atoms in total. The van der Waals surface area contributed by atoms with E-state index in [9.17, 15) is 19.2 Å². The van der Waals surface area contributed by atoms with Crippen LogP contribution in [0.4, 0.5) is 0 Å². The van der Waals surface area contributed by atoms with Crippen molar-refractivity contribution in [3.05, 3.63) is 77.6 Å². The number of carbonyl (C=O) groups is 4. The predicted molar refractivity (Wildman–Crippen MR) is 158 cm³/mol. The van der Waals surface area contributed by atoms with Gasteiger partial charge >= 0.3 is 51.4 Å². The maximum Gasteiger partial charge on any atom is 1.00 e. The number of hydrogen-bond acceptors (Lipinski definition) is 6. The molecule has 4 rings (SSSR count). The third-order valence-corrected chi connectivity index (χ3v) is 6.38. The van der Waals surface area contributed by atoms with Crippen LogP contribution in [0.25, 0.3) is 16.1 Å². The molecular formula is C31H39KN6O4. The number of rotatable bonds is 11. The van der Waals surface area contributed by atoms with Crippen LogP contribution in [-0.2, 0) is 20.8 Å². The van der Waals surface area contributed by atoms with Crippen molar-refractivity contribution >= 4 is 34.8 Å². The fraction of sp³-hybridized carbons (Fsp3) is 0.419. The largest absolute Gasteiger partial charge is 1.00 e. The topological polar surface area (TPSA) is 144 Å². The molecule has 0 aliphatic carbocycles. The second-order valence-electron chi connectivity index (χ2n) is 10.6. The molecule has 1 saturated heterocycles. The molecule has 0 saturated carbocycles. The van der Waals surface area contributed by atoms with E-state index in [1.54, 1.807) is 0 Å². The Morgan fingerprint density at radius 3 is 2.55 bits per heavy atom. The van der Waals surface area contributed by atoms with Crippen LogP contribution in [-0.4, -0.2) is 59.3 Å². The summed E-state index contributed by atoms with van der Waals surface area (Å²) < 4.78 is 0.